The van der Waals surface area contributed by atoms with Gasteiger partial charge in [0.1, 0.15) is 0 Å². The summed E-state index contributed by atoms with van der Waals surface area (Å²) in [5.74, 6) is 0. The minimum atomic E-state index is 0.899. The average Bonchev–Trinajstić information content (AvgIpc) is 2.97. The molecule has 112 valence electrons. The predicted molar refractivity (Wildman–Crippen MR) is 88.4 cm³/mol. The minimum absolute atomic E-state index is 0.899. The van der Waals surface area contributed by atoms with Crippen molar-refractivity contribution in [3.8, 4) is 0 Å². The molecule has 1 fully saturated rings. The van der Waals surface area contributed by atoms with Gasteiger partial charge in [-0.05, 0) is 56.7 Å². The molecule has 0 bridgehead atoms. The molecule has 2 aliphatic rings. The lowest BCUT2D eigenvalue weighted by Gasteiger charge is -2.31. The zero-order valence-electron chi connectivity index (χ0n) is 13.6. The molecule has 0 aromatic heterocycles. The van der Waals surface area contributed by atoms with Crippen LogP contribution >= 0.6 is 0 Å². The molecule has 1 nitrogen and oxygen atoms in total. The van der Waals surface area contributed by atoms with E-state index >= 15 is 0 Å². The summed E-state index contributed by atoms with van der Waals surface area (Å²) in [6.45, 7) is 8.81. The summed E-state index contributed by atoms with van der Waals surface area (Å²) in [6, 6.07) is 7.94. The number of rotatable bonds is 1. The van der Waals surface area contributed by atoms with Crippen molar-refractivity contribution in [1.29, 1.82) is 0 Å². The molecule has 1 aliphatic carbocycles. The average molecular weight is 273 g/mol. The van der Waals surface area contributed by atoms with E-state index in [1.165, 1.54) is 63.6 Å². The molecular weight excluding hydrogens is 242 g/mol. The molecule has 1 saturated carbocycles. The van der Waals surface area contributed by atoms with Gasteiger partial charge in [-0.1, -0.05) is 50.5 Å². The zero-order valence-corrected chi connectivity index (χ0v) is 13.6. The van der Waals surface area contributed by atoms with Crippen LogP contribution in [0.2, 0.25) is 0 Å². The standard InChI is InChI=1S/C17H25N.C2H6/c1-14-8-9-15-5-4-11-18(12-10-16(15)13-14)17-6-2-3-7-17;1-2/h8-9,13,17H,2-7,10-12H2,1H3;1-2H3. The first-order valence-electron chi connectivity index (χ1n) is 8.65. The van der Waals surface area contributed by atoms with Gasteiger partial charge in [-0.15, -0.1) is 0 Å². The Bertz CT molecular complexity index is 404. The molecule has 0 amide bonds. The molecule has 1 aromatic rings. The Balaban J connectivity index is 0.000000704. The third-order valence-corrected chi connectivity index (χ3v) is 4.76. The van der Waals surface area contributed by atoms with Crippen LogP contribution in [-0.4, -0.2) is 24.0 Å². The van der Waals surface area contributed by atoms with Gasteiger partial charge in [-0.2, -0.15) is 0 Å². The van der Waals surface area contributed by atoms with Crippen molar-refractivity contribution in [3.63, 3.8) is 0 Å². The lowest BCUT2D eigenvalue weighted by molar-refractivity contribution is 0.195. The van der Waals surface area contributed by atoms with Crippen LogP contribution in [0.25, 0.3) is 0 Å². The van der Waals surface area contributed by atoms with E-state index in [-0.39, 0.29) is 0 Å². The highest BCUT2D eigenvalue weighted by Gasteiger charge is 2.23. The second-order valence-corrected chi connectivity index (χ2v) is 6.10. The second-order valence-electron chi connectivity index (χ2n) is 6.10. The van der Waals surface area contributed by atoms with Gasteiger partial charge in [0.25, 0.3) is 0 Å². The highest BCUT2D eigenvalue weighted by molar-refractivity contribution is 5.32. The van der Waals surface area contributed by atoms with Gasteiger partial charge in [-0.3, -0.25) is 0 Å². The quantitative estimate of drug-likeness (QED) is 0.713. The molecule has 20 heavy (non-hydrogen) atoms. The third kappa shape index (κ3) is 3.85. The molecule has 0 unspecified atom stereocenters. The van der Waals surface area contributed by atoms with Crippen LogP contribution in [0.15, 0.2) is 18.2 Å². The Morgan fingerprint density at radius 2 is 1.65 bits per heavy atom. The number of hydrogen-bond acceptors (Lipinski definition) is 1. The van der Waals surface area contributed by atoms with Crippen LogP contribution in [0.4, 0.5) is 0 Å². The Labute approximate surface area is 125 Å². The van der Waals surface area contributed by atoms with E-state index in [2.05, 4.69) is 30.0 Å². The van der Waals surface area contributed by atoms with E-state index in [1.807, 2.05) is 13.8 Å². The van der Waals surface area contributed by atoms with Crippen LogP contribution in [0.3, 0.4) is 0 Å². The van der Waals surface area contributed by atoms with E-state index < -0.39 is 0 Å². The van der Waals surface area contributed by atoms with E-state index in [0.717, 1.165) is 6.04 Å². The number of nitrogens with zero attached hydrogens (tertiary/aromatic N) is 1. The lowest BCUT2D eigenvalue weighted by atomic mass is 9.95. The Kier molecular flexibility index (Phi) is 6.09. The van der Waals surface area contributed by atoms with Gasteiger partial charge in [0, 0.05) is 12.6 Å². The van der Waals surface area contributed by atoms with Crippen LogP contribution in [0.1, 0.15) is 62.6 Å². The van der Waals surface area contributed by atoms with E-state index in [0.29, 0.717) is 0 Å². The maximum atomic E-state index is 2.78. The first-order valence-corrected chi connectivity index (χ1v) is 8.65. The highest BCUT2D eigenvalue weighted by atomic mass is 15.2. The van der Waals surface area contributed by atoms with Gasteiger partial charge < -0.3 is 4.90 Å². The molecule has 1 heterocycles. The van der Waals surface area contributed by atoms with Crippen molar-refractivity contribution < 1.29 is 0 Å². The number of hydrogen-bond donors (Lipinski definition) is 0. The van der Waals surface area contributed by atoms with E-state index in [9.17, 15) is 0 Å². The summed E-state index contributed by atoms with van der Waals surface area (Å²) in [7, 11) is 0. The number of fused-ring (bicyclic) bond motifs is 1. The molecule has 0 N–H and O–H groups in total. The Morgan fingerprint density at radius 1 is 0.900 bits per heavy atom. The van der Waals surface area contributed by atoms with Crippen molar-refractivity contribution >= 4 is 0 Å². The maximum Gasteiger partial charge on any atom is 0.00953 e. The van der Waals surface area contributed by atoms with E-state index in [4.69, 9.17) is 0 Å². The molecular formula is C19H31N. The molecule has 1 aromatic carbocycles. The lowest BCUT2D eigenvalue weighted by Crippen LogP contribution is -2.37. The number of aryl methyl sites for hydroxylation is 2. The minimum Gasteiger partial charge on any atom is -0.300 e. The molecule has 1 aliphatic heterocycles. The summed E-state index contributed by atoms with van der Waals surface area (Å²) < 4.78 is 0. The largest absolute Gasteiger partial charge is 0.300 e. The SMILES string of the molecule is CC.Cc1ccc2c(c1)CCN(C1CCCC1)CCC2. The number of benzene rings is 1. The van der Waals surface area contributed by atoms with Crippen LogP contribution in [-0.2, 0) is 12.8 Å². The summed E-state index contributed by atoms with van der Waals surface area (Å²) in [5, 5.41) is 0. The fraction of sp³-hybridized carbons (Fsp3) is 0.684. The zero-order chi connectivity index (χ0) is 14.4. The summed E-state index contributed by atoms with van der Waals surface area (Å²) in [6.07, 6.45) is 9.67. The predicted octanol–water partition coefficient (Wildman–Crippen LogP) is 4.75. The van der Waals surface area contributed by atoms with Crippen molar-refractivity contribution in [3.05, 3.63) is 34.9 Å². The Hall–Kier alpha value is -0.820. The fourth-order valence-electron chi connectivity index (χ4n) is 3.71. The van der Waals surface area contributed by atoms with Crippen LogP contribution in [0, 0.1) is 6.92 Å². The smallest absolute Gasteiger partial charge is 0.00953 e. The monoisotopic (exact) mass is 273 g/mol. The Morgan fingerprint density at radius 3 is 2.40 bits per heavy atom. The van der Waals surface area contributed by atoms with Crippen LogP contribution < -0.4 is 0 Å². The van der Waals surface area contributed by atoms with Crippen LogP contribution in [0.5, 0.6) is 0 Å². The van der Waals surface area contributed by atoms with E-state index in [1.54, 1.807) is 11.1 Å². The van der Waals surface area contributed by atoms with Crippen molar-refractivity contribution in [2.45, 2.75) is 71.8 Å². The molecule has 0 atom stereocenters. The van der Waals surface area contributed by atoms with Crippen molar-refractivity contribution in [2.24, 2.45) is 0 Å². The van der Waals surface area contributed by atoms with Gasteiger partial charge >= 0.3 is 0 Å². The molecule has 0 radical (unpaired) electrons. The van der Waals surface area contributed by atoms with Gasteiger partial charge in [0.2, 0.25) is 0 Å². The maximum absolute atomic E-state index is 2.78. The van der Waals surface area contributed by atoms with Crippen molar-refractivity contribution in [1.82, 2.24) is 4.90 Å². The topological polar surface area (TPSA) is 3.24 Å². The molecule has 0 saturated heterocycles. The fourth-order valence-corrected chi connectivity index (χ4v) is 3.71. The molecule has 0 spiro atoms. The first-order chi connectivity index (χ1) is 9.83. The summed E-state index contributed by atoms with van der Waals surface area (Å²) in [5.41, 5.74) is 4.63. The molecule has 1 heteroatoms. The highest BCUT2D eigenvalue weighted by Crippen LogP contribution is 2.26. The van der Waals surface area contributed by atoms with Gasteiger partial charge in [0.15, 0.2) is 0 Å². The summed E-state index contributed by atoms with van der Waals surface area (Å²) in [4.78, 5) is 2.78. The third-order valence-electron chi connectivity index (χ3n) is 4.76. The normalized spacial score (nSPS) is 20.6. The van der Waals surface area contributed by atoms with Gasteiger partial charge in [0.05, 0.1) is 0 Å². The van der Waals surface area contributed by atoms with Crippen molar-refractivity contribution in [2.75, 3.05) is 13.1 Å². The molecule has 3 rings (SSSR count). The second kappa shape index (κ2) is 7.83. The van der Waals surface area contributed by atoms with Gasteiger partial charge in [-0.25, -0.2) is 0 Å². The first kappa shape index (κ1) is 15.6. The summed E-state index contributed by atoms with van der Waals surface area (Å²) >= 11 is 0.